The molecule has 0 spiro atoms. The van der Waals surface area contributed by atoms with Gasteiger partial charge < -0.3 is 9.55 Å². The van der Waals surface area contributed by atoms with Crippen LogP contribution in [0, 0.1) is 0 Å². The lowest BCUT2D eigenvalue weighted by Crippen LogP contribution is -2.36. The lowest BCUT2D eigenvalue weighted by Gasteiger charge is -2.28. The van der Waals surface area contributed by atoms with E-state index in [0.717, 1.165) is 48.6 Å². The zero-order valence-corrected chi connectivity index (χ0v) is 16.5. The summed E-state index contributed by atoms with van der Waals surface area (Å²) in [5, 5.41) is 0. The highest BCUT2D eigenvalue weighted by Crippen LogP contribution is 2.19. The first-order valence-corrected chi connectivity index (χ1v) is 10.0. The summed E-state index contributed by atoms with van der Waals surface area (Å²) in [5.41, 5.74) is 4.77. The third-order valence-corrected chi connectivity index (χ3v) is 5.46. The van der Waals surface area contributed by atoms with Gasteiger partial charge in [0, 0.05) is 56.8 Å². The number of imidazole rings is 1. The summed E-state index contributed by atoms with van der Waals surface area (Å²) in [4.78, 5) is 31.1. The molecule has 0 aliphatic carbocycles. The smallest absolute Gasteiger partial charge is 0.255 e. The second-order valence-electron chi connectivity index (χ2n) is 7.54. The lowest BCUT2D eigenvalue weighted by molar-refractivity contribution is 0.236. The molecule has 5 rings (SSSR count). The van der Waals surface area contributed by atoms with Gasteiger partial charge in [-0.2, -0.15) is 0 Å². The van der Waals surface area contributed by atoms with Crippen molar-refractivity contribution in [2.24, 2.45) is 0 Å². The fraction of sp³-hybridized carbons (Fsp3) is 0.217. The molecule has 1 N–H and O–H groups in total. The lowest BCUT2D eigenvalue weighted by atomic mass is 10.1. The van der Waals surface area contributed by atoms with Gasteiger partial charge in [0.05, 0.1) is 23.3 Å². The first kappa shape index (κ1) is 18.4. The topological polar surface area (TPSA) is 79.7 Å². The van der Waals surface area contributed by atoms with Gasteiger partial charge in [0.15, 0.2) is 0 Å². The number of aromatic amines is 1. The highest BCUT2D eigenvalue weighted by molar-refractivity contribution is 5.53. The van der Waals surface area contributed by atoms with E-state index < -0.39 is 0 Å². The number of fused-ring (bicyclic) bond motifs is 1. The fourth-order valence-corrected chi connectivity index (χ4v) is 3.89. The van der Waals surface area contributed by atoms with E-state index >= 15 is 0 Å². The quantitative estimate of drug-likeness (QED) is 0.559. The molecule has 150 valence electrons. The largest absolute Gasteiger partial charge is 0.329 e. The Bertz CT molecular complexity index is 1200. The maximum Gasteiger partial charge on any atom is 0.255 e. The van der Waals surface area contributed by atoms with Crippen LogP contribution in [0.1, 0.15) is 22.5 Å². The van der Waals surface area contributed by atoms with Gasteiger partial charge in [0.1, 0.15) is 5.82 Å². The molecule has 1 aliphatic heterocycles. The maximum atomic E-state index is 12.8. The van der Waals surface area contributed by atoms with Crippen LogP contribution in [-0.2, 0) is 26.1 Å². The molecule has 0 bridgehead atoms. The van der Waals surface area contributed by atoms with E-state index in [4.69, 9.17) is 4.98 Å². The first-order chi connectivity index (χ1) is 14.8. The Morgan fingerprint density at radius 3 is 2.73 bits per heavy atom. The molecule has 1 aliphatic rings. The standard InChI is InChI=1S/C23H22N6O/c30-23-20-15-28(10-8-21(20)26-22(27-23)18-7-4-9-24-11-18)14-19-12-25-16-29(19)13-17-5-2-1-3-6-17/h1-7,9,11-12,16H,8,10,13-15H2,(H,26,27,30). The van der Waals surface area contributed by atoms with Crippen molar-refractivity contribution in [2.75, 3.05) is 6.54 Å². The van der Waals surface area contributed by atoms with Crippen LogP contribution in [0.25, 0.3) is 11.4 Å². The van der Waals surface area contributed by atoms with Crippen molar-refractivity contribution in [3.05, 3.63) is 100 Å². The summed E-state index contributed by atoms with van der Waals surface area (Å²) in [5.74, 6) is 0.584. The molecule has 0 amide bonds. The van der Waals surface area contributed by atoms with Crippen molar-refractivity contribution in [2.45, 2.75) is 26.1 Å². The average molecular weight is 398 g/mol. The van der Waals surface area contributed by atoms with Crippen molar-refractivity contribution >= 4 is 0 Å². The van der Waals surface area contributed by atoms with Crippen molar-refractivity contribution in [1.82, 2.24) is 29.4 Å². The van der Waals surface area contributed by atoms with E-state index in [0.29, 0.717) is 12.4 Å². The van der Waals surface area contributed by atoms with Crippen molar-refractivity contribution < 1.29 is 0 Å². The number of hydrogen-bond donors (Lipinski definition) is 1. The van der Waals surface area contributed by atoms with Crippen LogP contribution in [0.2, 0.25) is 0 Å². The predicted molar refractivity (Wildman–Crippen MR) is 114 cm³/mol. The molecule has 4 aromatic rings. The van der Waals surface area contributed by atoms with Crippen molar-refractivity contribution in [3.8, 4) is 11.4 Å². The monoisotopic (exact) mass is 398 g/mol. The molecule has 0 radical (unpaired) electrons. The van der Waals surface area contributed by atoms with E-state index in [1.54, 1.807) is 12.4 Å². The molecule has 0 saturated carbocycles. The summed E-state index contributed by atoms with van der Waals surface area (Å²) in [6.45, 7) is 2.97. The molecule has 0 fully saturated rings. The van der Waals surface area contributed by atoms with E-state index in [9.17, 15) is 4.79 Å². The minimum atomic E-state index is -0.0682. The zero-order valence-electron chi connectivity index (χ0n) is 16.5. The Labute approximate surface area is 174 Å². The number of aromatic nitrogens is 5. The van der Waals surface area contributed by atoms with Crippen molar-refractivity contribution in [1.29, 1.82) is 0 Å². The number of hydrogen-bond acceptors (Lipinski definition) is 5. The highest BCUT2D eigenvalue weighted by atomic mass is 16.1. The predicted octanol–water partition coefficient (Wildman–Crippen LogP) is 2.64. The number of H-pyrrole nitrogens is 1. The Morgan fingerprint density at radius 2 is 1.90 bits per heavy atom. The maximum absolute atomic E-state index is 12.8. The van der Waals surface area contributed by atoms with E-state index in [-0.39, 0.29) is 5.56 Å². The fourth-order valence-electron chi connectivity index (χ4n) is 3.89. The molecule has 3 aromatic heterocycles. The van der Waals surface area contributed by atoms with Gasteiger partial charge in [-0.3, -0.25) is 14.7 Å². The minimum absolute atomic E-state index is 0.0682. The Kier molecular flexibility index (Phi) is 4.94. The second kappa shape index (κ2) is 8.04. The number of benzene rings is 1. The number of nitrogens with one attached hydrogen (secondary N) is 1. The summed E-state index contributed by atoms with van der Waals surface area (Å²) < 4.78 is 2.17. The highest BCUT2D eigenvalue weighted by Gasteiger charge is 2.22. The van der Waals surface area contributed by atoms with Gasteiger partial charge in [0.2, 0.25) is 0 Å². The minimum Gasteiger partial charge on any atom is -0.329 e. The van der Waals surface area contributed by atoms with E-state index in [2.05, 4.69) is 36.6 Å². The molecule has 4 heterocycles. The normalized spacial score (nSPS) is 13.9. The van der Waals surface area contributed by atoms with Crippen LogP contribution >= 0.6 is 0 Å². The van der Waals surface area contributed by atoms with Gasteiger partial charge in [-0.1, -0.05) is 30.3 Å². The zero-order chi connectivity index (χ0) is 20.3. The Hall–Kier alpha value is -3.58. The van der Waals surface area contributed by atoms with Gasteiger partial charge in [-0.25, -0.2) is 9.97 Å². The molecule has 30 heavy (non-hydrogen) atoms. The molecule has 7 heteroatoms. The van der Waals surface area contributed by atoms with Gasteiger partial charge in [0.25, 0.3) is 5.56 Å². The molecule has 0 saturated heterocycles. The van der Waals surface area contributed by atoms with Crippen LogP contribution in [0.15, 0.2) is 72.2 Å². The van der Waals surface area contributed by atoms with Crippen LogP contribution in [0.3, 0.4) is 0 Å². The number of rotatable bonds is 5. The van der Waals surface area contributed by atoms with Gasteiger partial charge in [-0.05, 0) is 17.7 Å². The van der Waals surface area contributed by atoms with Gasteiger partial charge >= 0.3 is 0 Å². The summed E-state index contributed by atoms with van der Waals surface area (Å²) in [6, 6.07) is 14.1. The number of pyridine rings is 1. The van der Waals surface area contributed by atoms with E-state index in [1.165, 1.54) is 5.56 Å². The second-order valence-corrected chi connectivity index (χ2v) is 7.54. The van der Waals surface area contributed by atoms with Crippen LogP contribution < -0.4 is 5.56 Å². The van der Waals surface area contributed by atoms with Crippen LogP contribution in [0.5, 0.6) is 0 Å². The molecular weight excluding hydrogens is 376 g/mol. The molecule has 0 atom stereocenters. The van der Waals surface area contributed by atoms with Crippen LogP contribution in [-0.4, -0.2) is 35.9 Å². The van der Waals surface area contributed by atoms with Crippen LogP contribution in [0.4, 0.5) is 0 Å². The first-order valence-electron chi connectivity index (χ1n) is 10.0. The van der Waals surface area contributed by atoms with E-state index in [1.807, 2.05) is 42.9 Å². The summed E-state index contributed by atoms with van der Waals surface area (Å²) >= 11 is 0. The molecular formula is C23H22N6O. The molecule has 7 nitrogen and oxygen atoms in total. The molecule has 0 unspecified atom stereocenters. The third-order valence-electron chi connectivity index (χ3n) is 5.46. The third kappa shape index (κ3) is 3.79. The average Bonchev–Trinajstić information content (AvgIpc) is 3.22. The SMILES string of the molecule is O=c1[nH]c(-c2cccnc2)nc2c1CN(Cc1cncn1Cc1ccccc1)CC2. The molecule has 1 aromatic carbocycles. The summed E-state index contributed by atoms with van der Waals surface area (Å²) in [7, 11) is 0. The Balaban J connectivity index is 1.34. The summed E-state index contributed by atoms with van der Waals surface area (Å²) in [6.07, 6.45) is 7.95. The Morgan fingerprint density at radius 1 is 1.00 bits per heavy atom. The van der Waals surface area contributed by atoms with Gasteiger partial charge in [-0.15, -0.1) is 0 Å². The number of nitrogens with zero attached hydrogens (tertiary/aromatic N) is 5. The van der Waals surface area contributed by atoms with Crippen molar-refractivity contribution in [3.63, 3.8) is 0 Å².